The number of benzene rings is 2. The van der Waals surface area contributed by atoms with Gasteiger partial charge in [-0.05, 0) is 87.7 Å². The standard InChI is InChI=1S/C26H31FN4O2/c1-18-25(19(2)31(29-18)23-8-6-22(27)7-9-23)26(32)28-16-20-12-14-30(15-13-20)17-21-4-10-24(33-3)11-5-21/h4-11,20H,12-17H2,1-3H3,(H,28,32). The molecule has 7 heteroatoms. The lowest BCUT2D eigenvalue weighted by Gasteiger charge is -2.32. The SMILES string of the molecule is COc1ccc(CN2CCC(CNC(=O)c3c(C)nn(-c4ccc(F)cc4)c3C)CC2)cc1. The Morgan fingerprint density at radius 1 is 1.09 bits per heavy atom. The van der Waals surface area contributed by atoms with E-state index in [1.165, 1.54) is 17.7 Å². The van der Waals surface area contributed by atoms with Crippen molar-refractivity contribution in [1.29, 1.82) is 0 Å². The van der Waals surface area contributed by atoms with Crippen LogP contribution >= 0.6 is 0 Å². The Morgan fingerprint density at radius 3 is 2.39 bits per heavy atom. The monoisotopic (exact) mass is 450 g/mol. The molecule has 0 bridgehead atoms. The molecule has 0 spiro atoms. The maximum absolute atomic E-state index is 13.3. The maximum atomic E-state index is 13.3. The lowest BCUT2D eigenvalue weighted by Crippen LogP contribution is -2.38. The molecule has 0 atom stereocenters. The summed E-state index contributed by atoms with van der Waals surface area (Å²) in [5, 5.41) is 7.62. The first-order chi connectivity index (χ1) is 15.9. The third kappa shape index (κ3) is 5.42. The molecule has 2 heterocycles. The predicted molar refractivity (Wildman–Crippen MR) is 126 cm³/mol. The molecule has 0 unspecified atom stereocenters. The highest BCUT2D eigenvalue weighted by molar-refractivity contribution is 5.96. The van der Waals surface area contributed by atoms with Crippen LogP contribution in [0.5, 0.6) is 5.75 Å². The molecule has 3 aromatic rings. The van der Waals surface area contributed by atoms with Gasteiger partial charge in [0.15, 0.2) is 0 Å². The summed E-state index contributed by atoms with van der Waals surface area (Å²) in [7, 11) is 1.68. The molecule has 6 nitrogen and oxygen atoms in total. The van der Waals surface area contributed by atoms with Crippen LogP contribution in [0.25, 0.3) is 5.69 Å². The van der Waals surface area contributed by atoms with E-state index in [-0.39, 0.29) is 11.7 Å². The highest BCUT2D eigenvalue weighted by Gasteiger charge is 2.23. The average molecular weight is 451 g/mol. The second-order valence-electron chi connectivity index (χ2n) is 8.71. The zero-order valence-electron chi connectivity index (χ0n) is 19.5. The van der Waals surface area contributed by atoms with Crippen molar-refractivity contribution in [2.45, 2.75) is 33.2 Å². The number of hydrogen-bond acceptors (Lipinski definition) is 4. The van der Waals surface area contributed by atoms with Gasteiger partial charge in [0.25, 0.3) is 5.91 Å². The molecule has 0 saturated carbocycles. The number of amides is 1. The number of likely N-dealkylation sites (tertiary alicyclic amines) is 1. The zero-order valence-corrected chi connectivity index (χ0v) is 19.5. The first-order valence-corrected chi connectivity index (χ1v) is 11.4. The quantitative estimate of drug-likeness (QED) is 0.584. The minimum atomic E-state index is -0.298. The molecule has 1 aliphatic rings. The number of nitrogens with zero attached hydrogens (tertiary/aromatic N) is 3. The number of methoxy groups -OCH3 is 1. The van der Waals surface area contributed by atoms with Gasteiger partial charge >= 0.3 is 0 Å². The minimum Gasteiger partial charge on any atom is -0.497 e. The van der Waals surface area contributed by atoms with Gasteiger partial charge in [-0.1, -0.05) is 12.1 Å². The summed E-state index contributed by atoms with van der Waals surface area (Å²) in [6.45, 7) is 7.34. The van der Waals surface area contributed by atoms with Crippen LogP contribution in [0.15, 0.2) is 48.5 Å². The smallest absolute Gasteiger partial charge is 0.255 e. The fourth-order valence-electron chi connectivity index (χ4n) is 4.47. The summed E-state index contributed by atoms with van der Waals surface area (Å²) in [6, 6.07) is 14.3. The van der Waals surface area contributed by atoms with Crippen LogP contribution in [0.2, 0.25) is 0 Å². The predicted octanol–water partition coefficient (Wildman–Crippen LogP) is 4.28. The molecule has 1 saturated heterocycles. The Morgan fingerprint density at radius 2 is 1.76 bits per heavy atom. The van der Waals surface area contributed by atoms with Crippen LogP contribution in [0, 0.1) is 25.6 Å². The van der Waals surface area contributed by atoms with Gasteiger partial charge in [-0.25, -0.2) is 9.07 Å². The summed E-state index contributed by atoms with van der Waals surface area (Å²) in [5.74, 6) is 0.947. The highest BCUT2D eigenvalue weighted by Crippen LogP contribution is 2.21. The van der Waals surface area contributed by atoms with Gasteiger partial charge in [-0.15, -0.1) is 0 Å². The molecule has 1 amide bonds. The zero-order chi connectivity index (χ0) is 23.4. The molecule has 33 heavy (non-hydrogen) atoms. The Labute approximate surface area is 194 Å². The number of ether oxygens (including phenoxy) is 1. The van der Waals surface area contributed by atoms with E-state index in [0.717, 1.165) is 49.6 Å². The van der Waals surface area contributed by atoms with E-state index in [9.17, 15) is 9.18 Å². The van der Waals surface area contributed by atoms with Crippen molar-refractivity contribution in [2.24, 2.45) is 5.92 Å². The Hall–Kier alpha value is -3.19. The Bertz CT molecular complexity index is 1080. The van der Waals surface area contributed by atoms with Crippen molar-refractivity contribution in [3.8, 4) is 11.4 Å². The lowest BCUT2D eigenvalue weighted by atomic mass is 9.96. The van der Waals surface area contributed by atoms with E-state index in [1.807, 2.05) is 26.0 Å². The highest BCUT2D eigenvalue weighted by atomic mass is 19.1. The van der Waals surface area contributed by atoms with Gasteiger partial charge in [0, 0.05) is 13.1 Å². The molecule has 1 N–H and O–H groups in total. The van der Waals surface area contributed by atoms with Gasteiger partial charge in [-0.3, -0.25) is 9.69 Å². The molecule has 2 aromatic carbocycles. The van der Waals surface area contributed by atoms with E-state index >= 15 is 0 Å². The molecular formula is C26H31FN4O2. The summed E-state index contributed by atoms with van der Waals surface area (Å²) in [4.78, 5) is 15.4. The number of aryl methyl sites for hydroxylation is 1. The second-order valence-corrected chi connectivity index (χ2v) is 8.71. The molecule has 1 fully saturated rings. The van der Waals surface area contributed by atoms with Crippen LogP contribution in [0.3, 0.4) is 0 Å². The first-order valence-electron chi connectivity index (χ1n) is 11.4. The fourth-order valence-corrected chi connectivity index (χ4v) is 4.47. The van der Waals surface area contributed by atoms with Crippen molar-refractivity contribution < 1.29 is 13.9 Å². The van der Waals surface area contributed by atoms with Crippen LogP contribution in [-0.2, 0) is 6.54 Å². The van der Waals surface area contributed by atoms with E-state index < -0.39 is 0 Å². The normalized spacial score (nSPS) is 14.9. The van der Waals surface area contributed by atoms with E-state index in [1.54, 1.807) is 23.9 Å². The number of nitrogens with one attached hydrogen (secondary N) is 1. The Balaban J connectivity index is 1.29. The number of carbonyl (C=O) groups is 1. The number of piperidine rings is 1. The average Bonchev–Trinajstić information content (AvgIpc) is 3.13. The summed E-state index contributed by atoms with van der Waals surface area (Å²) in [5.41, 5.74) is 4.04. The molecule has 0 aliphatic carbocycles. The summed E-state index contributed by atoms with van der Waals surface area (Å²) in [6.07, 6.45) is 2.12. The van der Waals surface area contributed by atoms with E-state index in [0.29, 0.717) is 23.7 Å². The second kappa shape index (κ2) is 10.2. The molecular weight excluding hydrogens is 419 g/mol. The molecule has 1 aliphatic heterocycles. The minimum absolute atomic E-state index is 0.0981. The molecule has 0 radical (unpaired) electrons. The van der Waals surface area contributed by atoms with Crippen LogP contribution < -0.4 is 10.1 Å². The topological polar surface area (TPSA) is 59.4 Å². The molecule has 174 valence electrons. The first kappa shape index (κ1) is 23.0. The third-order valence-corrected chi connectivity index (χ3v) is 6.41. The van der Waals surface area contributed by atoms with E-state index in [2.05, 4.69) is 27.4 Å². The molecule has 4 rings (SSSR count). The fraction of sp³-hybridized carbons (Fsp3) is 0.385. The van der Waals surface area contributed by atoms with Gasteiger partial charge in [-0.2, -0.15) is 5.10 Å². The van der Waals surface area contributed by atoms with Gasteiger partial charge in [0.1, 0.15) is 11.6 Å². The van der Waals surface area contributed by atoms with E-state index in [4.69, 9.17) is 4.74 Å². The Kier molecular flexibility index (Phi) is 7.08. The van der Waals surface area contributed by atoms with Crippen molar-refractivity contribution >= 4 is 5.91 Å². The molecule has 1 aromatic heterocycles. The maximum Gasteiger partial charge on any atom is 0.255 e. The van der Waals surface area contributed by atoms with Gasteiger partial charge < -0.3 is 10.1 Å². The van der Waals surface area contributed by atoms with Crippen molar-refractivity contribution in [3.05, 3.63) is 76.9 Å². The van der Waals surface area contributed by atoms with Crippen LogP contribution in [0.1, 0.15) is 40.2 Å². The number of halogens is 1. The van der Waals surface area contributed by atoms with Crippen molar-refractivity contribution in [3.63, 3.8) is 0 Å². The lowest BCUT2D eigenvalue weighted by molar-refractivity contribution is 0.0934. The van der Waals surface area contributed by atoms with Gasteiger partial charge in [0.2, 0.25) is 0 Å². The largest absolute Gasteiger partial charge is 0.497 e. The summed E-state index contributed by atoms with van der Waals surface area (Å²) < 4.78 is 20.2. The number of aromatic nitrogens is 2. The number of carbonyl (C=O) groups excluding carboxylic acids is 1. The van der Waals surface area contributed by atoms with Crippen molar-refractivity contribution in [2.75, 3.05) is 26.7 Å². The third-order valence-electron chi connectivity index (χ3n) is 6.41. The van der Waals surface area contributed by atoms with Crippen LogP contribution in [0.4, 0.5) is 4.39 Å². The van der Waals surface area contributed by atoms with Crippen molar-refractivity contribution in [1.82, 2.24) is 20.0 Å². The summed E-state index contributed by atoms with van der Waals surface area (Å²) >= 11 is 0. The number of hydrogen-bond donors (Lipinski definition) is 1. The van der Waals surface area contributed by atoms with Crippen LogP contribution in [-0.4, -0.2) is 47.3 Å². The number of rotatable bonds is 7. The van der Waals surface area contributed by atoms with Gasteiger partial charge in [0.05, 0.1) is 29.7 Å².